The predicted molar refractivity (Wildman–Crippen MR) is 82.8 cm³/mol. The molecule has 0 aromatic heterocycles. The first-order valence-corrected chi connectivity index (χ1v) is 8.91. The van der Waals surface area contributed by atoms with E-state index in [1.54, 1.807) is 12.1 Å². The number of rotatable bonds is 7. The van der Waals surface area contributed by atoms with Gasteiger partial charge in [0.15, 0.2) is 9.84 Å². The Morgan fingerprint density at radius 1 is 1.35 bits per heavy atom. The molecule has 0 spiro atoms. The summed E-state index contributed by atoms with van der Waals surface area (Å²) in [5.74, 6) is 0.793. The Morgan fingerprint density at radius 2 is 2.00 bits per heavy atom. The average Bonchev–Trinajstić information content (AvgIpc) is 3.24. The van der Waals surface area contributed by atoms with Crippen molar-refractivity contribution in [1.82, 2.24) is 0 Å². The van der Waals surface area contributed by atoms with Crippen molar-refractivity contribution in [2.75, 3.05) is 24.2 Å². The van der Waals surface area contributed by atoms with E-state index in [4.69, 9.17) is 5.73 Å². The van der Waals surface area contributed by atoms with Crippen molar-refractivity contribution in [2.45, 2.75) is 37.1 Å². The third-order valence-corrected chi connectivity index (χ3v) is 5.92. The summed E-state index contributed by atoms with van der Waals surface area (Å²) in [5, 5.41) is 0. The van der Waals surface area contributed by atoms with Gasteiger partial charge in [0, 0.05) is 19.6 Å². The molecular formula is C15H24N2O2S. The first-order chi connectivity index (χ1) is 9.51. The molecule has 0 bridgehead atoms. The molecule has 1 saturated carbocycles. The van der Waals surface area contributed by atoms with Crippen LogP contribution in [0.4, 0.5) is 5.69 Å². The molecule has 20 heavy (non-hydrogen) atoms. The summed E-state index contributed by atoms with van der Waals surface area (Å²) in [4.78, 5) is 2.49. The Morgan fingerprint density at radius 3 is 2.55 bits per heavy atom. The Bertz CT molecular complexity index is 553. The molecule has 0 radical (unpaired) electrons. The van der Waals surface area contributed by atoms with Crippen LogP contribution in [-0.4, -0.2) is 33.8 Å². The van der Waals surface area contributed by atoms with E-state index in [9.17, 15) is 8.42 Å². The average molecular weight is 296 g/mol. The van der Waals surface area contributed by atoms with Crippen LogP contribution in [0.1, 0.15) is 26.2 Å². The maximum Gasteiger partial charge on any atom is 0.180 e. The van der Waals surface area contributed by atoms with Gasteiger partial charge in [0.2, 0.25) is 0 Å². The minimum absolute atomic E-state index is 0.189. The molecule has 0 heterocycles. The first kappa shape index (κ1) is 15.3. The lowest BCUT2D eigenvalue weighted by Crippen LogP contribution is -2.40. The molecule has 4 nitrogen and oxygen atoms in total. The minimum atomic E-state index is -3.22. The number of nitrogens with two attached hydrogens (primary N) is 1. The summed E-state index contributed by atoms with van der Waals surface area (Å²) in [6, 6.07) is 7.49. The van der Waals surface area contributed by atoms with Crippen LogP contribution in [0.15, 0.2) is 29.2 Å². The summed E-state index contributed by atoms with van der Waals surface area (Å²) in [5.41, 5.74) is 6.66. The molecule has 1 aromatic rings. The van der Waals surface area contributed by atoms with E-state index < -0.39 is 9.84 Å². The second-order valence-electron chi connectivity index (χ2n) is 5.54. The number of likely N-dealkylation sites (N-methyl/N-ethyl adjacent to an activating group) is 1. The van der Waals surface area contributed by atoms with E-state index in [1.807, 2.05) is 26.1 Å². The SMILES string of the molecule is CCCS(=O)(=O)c1ccccc1N(C)C(CN)C1CC1. The van der Waals surface area contributed by atoms with Gasteiger partial charge in [-0.05, 0) is 37.3 Å². The van der Waals surface area contributed by atoms with Gasteiger partial charge in [-0.1, -0.05) is 19.1 Å². The number of sulfone groups is 1. The summed E-state index contributed by atoms with van der Waals surface area (Å²) in [6.07, 6.45) is 3.01. The molecule has 0 amide bonds. The zero-order valence-corrected chi connectivity index (χ0v) is 13.1. The van der Waals surface area contributed by atoms with Gasteiger partial charge < -0.3 is 10.6 Å². The highest BCUT2D eigenvalue weighted by Crippen LogP contribution is 2.37. The number of anilines is 1. The van der Waals surface area contributed by atoms with E-state index >= 15 is 0 Å². The molecule has 1 aromatic carbocycles. The number of nitrogens with zero attached hydrogens (tertiary/aromatic N) is 1. The van der Waals surface area contributed by atoms with Gasteiger partial charge in [0.05, 0.1) is 16.3 Å². The fourth-order valence-electron chi connectivity index (χ4n) is 2.72. The number of hydrogen-bond donors (Lipinski definition) is 1. The van der Waals surface area contributed by atoms with E-state index in [-0.39, 0.29) is 11.8 Å². The standard InChI is InChI=1S/C15H24N2O2S/c1-3-10-20(18,19)15-7-5-4-6-13(15)17(2)14(11-16)12-8-9-12/h4-7,12,14H,3,8-11,16H2,1-2H3. The molecule has 2 N–H and O–H groups in total. The number of hydrogen-bond acceptors (Lipinski definition) is 4. The lowest BCUT2D eigenvalue weighted by Gasteiger charge is -2.30. The number of benzene rings is 1. The molecule has 1 unspecified atom stereocenters. The lowest BCUT2D eigenvalue weighted by molar-refractivity contribution is 0.564. The summed E-state index contributed by atoms with van der Waals surface area (Å²) in [7, 11) is -1.26. The maximum absolute atomic E-state index is 12.4. The highest BCUT2D eigenvalue weighted by Gasteiger charge is 2.34. The van der Waals surface area contributed by atoms with Crippen LogP contribution < -0.4 is 10.6 Å². The fourth-order valence-corrected chi connectivity index (χ4v) is 4.29. The van der Waals surface area contributed by atoms with Crippen molar-refractivity contribution < 1.29 is 8.42 Å². The predicted octanol–water partition coefficient (Wildman–Crippen LogP) is 2.04. The largest absolute Gasteiger partial charge is 0.369 e. The normalized spacial score (nSPS) is 16.9. The van der Waals surface area contributed by atoms with Crippen LogP contribution in [0.25, 0.3) is 0 Å². The Balaban J connectivity index is 2.36. The summed E-state index contributed by atoms with van der Waals surface area (Å²) >= 11 is 0. The third kappa shape index (κ3) is 3.15. The van der Waals surface area contributed by atoms with Crippen molar-refractivity contribution in [1.29, 1.82) is 0 Å². The molecule has 1 aliphatic carbocycles. The van der Waals surface area contributed by atoms with Gasteiger partial charge in [0.25, 0.3) is 0 Å². The molecule has 0 saturated heterocycles. The smallest absolute Gasteiger partial charge is 0.180 e. The second-order valence-corrected chi connectivity index (χ2v) is 7.62. The molecule has 5 heteroatoms. The van der Waals surface area contributed by atoms with Crippen LogP contribution in [0, 0.1) is 5.92 Å². The third-order valence-electron chi connectivity index (χ3n) is 3.96. The van der Waals surface area contributed by atoms with E-state index in [1.165, 1.54) is 12.8 Å². The van der Waals surface area contributed by atoms with Crippen LogP contribution in [0.2, 0.25) is 0 Å². The molecular weight excluding hydrogens is 272 g/mol. The zero-order valence-electron chi connectivity index (χ0n) is 12.2. The van der Waals surface area contributed by atoms with Crippen molar-refractivity contribution >= 4 is 15.5 Å². The maximum atomic E-state index is 12.4. The quantitative estimate of drug-likeness (QED) is 0.836. The Labute approximate surface area is 121 Å². The van der Waals surface area contributed by atoms with Crippen LogP contribution >= 0.6 is 0 Å². The van der Waals surface area contributed by atoms with Crippen molar-refractivity contribution in [3.63, 3.8) is 0 Å². The van der Waals surface area contributed by atoms with Gasteiger partial charge in [0.1, 0.15) is 0 Å². The first-order valence-electron chi connectivity index (χ1n) is 7.26. The summed E-state index contributed by atoms with van der Waals surface area (Å²) < 4.78 is 24.8. The van der Waals surface area contributed by atoms with Gasteiger partial charge in [-0.25, -0.2) is 8.42 Å². The van der Waals surface area contributed by atoms with E-state index in [0.29, 0.717) is 23.8 Å². The van der Waals surface area contributed by atoms with Crippen molar-refractivity contribution in [3.05, 3.63) is 24.3 Å². The molecule has 2 rings (SSSR count). The minimum Gasteiger partial charge on any atom is -0.369 e. The van der Waals surface area contributed by atoms with Crippen molar-refractivity contribution in [2.24, 2.45) is 11.7 Å². The van der Waals surface area contributed by atoms with Crippen LogP contribution in [-0.2, 0) is 9.84 Å². The highest BCUT2D eigenvalue weighted by atomic mass is 32.2. The number of para-hydroxylation sites is 1. The van der Waals surface area contributed by atoms with Crippen molar-refractivity contribution in [3.8, 4) is 0 Å². The Hall–Kier alpha value is -1.07. The molecule has 0 aliphatic heterocycles. The summed E-state index contributed by atoms with van der Waals surface area (Å²) in [6.45, 7) is 2.44. The molecule has 1 fully saturated rings. The second kappa shape index (κ2) is 6.14. The van der Waals surface area contributed by atoms with Gasteiger partial charge in [-0.3, -0.25) is 0 Å². The van der Waals surface area contributed by atoms with E-state index in [0.717, 1.165) is 5.69 Å². The van der Waals surface area contributed by atoms with Crippen LogP contribution in [0.3, 0.4) is 0 Å². The fraction of sp³-hybridized carbons (Fsp3) is 0.600. The highest BCUT2D eigenvalue weighted by molar-refractivity contribution is 7.91. The van der Waals surface area contributed by atoms with Gasteiger partial charge in [-0.2, -0.15) is 0 Å². The van der Waals surface area contributed by atoms with Gasteiger partial charge in [-0.15, -0.1) is 0 Å². The van der Waals surface area contributed by atoms with Crippen LogP contribution in [0.5, 0.6) is 0 Å². The molecule has 1 aliphatic rings. The van der Waals surface area contributed by atoms with Gasteiger partial charge >= 0.3 is 0 Å². The van der Waals surface area contributed by atoms with E-state index in [2.05, 4.69) is 4.90 Å². The Kier molecular flexibility index (Phi) is 4.70. The molecule has 112 valence electrons. The topological polar surface area (TPSA) is 63.4 Å². The zero-order chi connectivity index (χ0) is 14.8. The lowest BCUT2D eigenvalue weighted by atomic mass is 10.1. The monoisotopic (exact) mass is 296 g/mol. The molecule has 1 atom stereocenters.